The fraction of sp³-hybridized carbons (Fsp3) is 0.897. The molecule has 4 unspecified atom stereocenters. The van der Waals surface area contributed by atoms with E-state index in [0.29, 0.717) is 18.8 Å². The molecule has 2 saturated heterocycles. The van der Waals surface area contributed by atoms with Gasteiger partial charge in [-0.2, -0.15) is 0 Å². The highest BCUT2D eigenvalue weighted by molar-refractivity contribution is 14.1. The number of esters is 1. The second-order valence-electron chi connectivity index (χ2n) is 11.8. The van der Waals surface area contributed by atoms with Crippen LogP contribution in [0.25, 0.3) is 0 Å². The van der Waals surface area contributed by atoms with E-state index in [9.17, 15) is 4.79 Å². The van der Waals surface area contributed by atoms with Gasteiger partial charge in [0.2, 0.25) is 0 Å². The summed E-state index contributed by atoms with van der Waals surface area (Å²) in [5, 5.41) is 0. The first-order chi connectivity index (χ1) is 17.2. The molecule has 3 fully saturated rings. The van der Waals surface area contributed by atoms with Crippen molar-refractivity contribution in [1.82, 2.24) is 0 Å². The van der Waals surface area contributed by atoms with E-state index in [2.05, 4.69) is 62.4 Å². The zero-order valence-corrected chi connectivity index (χ0v) is 25.1. The molecule has 9 atom stereocenters. The Bertz CT molecular complexity index is 710. The van der Waals surface area contributed by atoms with Crippen LogP contribution < -0.4 is 0 Å². The average Bonchev–Trinajstić information content (AvgIpc) is 3.35. The molecular weight excluding hydrogens is 574 g/mol. The van der Waals surface area contributed by atoms with E-state index in [1.54, 1.807) is 0 Å². The van der Waals surface area contributed by atoms with E-state index >= 15 is 4.39 Å². The monoisotopic (exact) mass is 622 g/mol. The molecule has 36 heavy (non-hydrogen) atoms. The van der Waals surface area contributed by atoms with Gasteiger partial charge in [-0.25, -0.2) is 4.39 Å². The summed E-state index contributed by atoms with van der Waals surface area (Å²) in [5.74, 6) is 0.169. The Kier molecular flexibility index (Phi) is 12.0. The van der Waals surface area contributed by atoms with Crippen molar-refractivity contribution in [3.05, 3.63) is 12.2 Å². The maximum Gasteiger partial charge on any atom is 0.305 e. The van der Waals surface area contributed by atoms with Crippen LogP contribution >= 0.6 is 22.6 Å². The molecule has 0 radical (unpaired) electrons. The molecule has 1 saturated carbocycles. The van der Waals surface area contributed by atoms with Crippen LogP contribution in [0.1, 0.15) is 91.9 Å². The number of allylic oxidation sites excluding steroid dienone is 1. The summed E-state index contributed by atoms with van der Waals surface area (Å²) in [7, 11) is 1.40. The number of ether oxygens (including phenoxy) is 4. The van der Waals surface area contributed by atoms with E-state index in [-0.39, 0.29) is 45.6 Å². The smallest absolute Gasteiger partial charge is 0.305 e. The van der Waals surface area contributed by atoms with Gasteiger partial charge in [-0.15, -0.1) is 0 Å². The quantitative estimate of drug-likeness (QED) is 0.0942. The lowest BCUT2D eigenvalue weighted by molar-refractivity contribution is -0.197. The predicted octanol–water partition coefficient (Wildman–Crippen LogP) is 7.20. The van der Waals surface area contributed by atoms with Gasteiger partial charge >= 0.3 is 5.97 Å². The average molecular weight is 623 g/mol. The number of carbonyl (C=O) groups excluding carboxylic acids is 1. The molecule has 2 aliphatic heterocycles. The van der Waals surface area contributed by atoms with Gasteiger partial charge in [-0.1, -0.05) is 75.3 Å². The molecule has 5 nitrogen and oxygen atoms in total. The standard InChI is InChI=1S/C29H48FIO5/c1-6-7-16-29(3,4)23(36-25-13-8-9-17-34-25)15-14-20-19(2)18-22-26(20)27(30)28(35-22)21(31)11-10-12-24(32)33-5/h14-15,19-23,25-28H,6-13,16-18H2,1-5H3/b15-14+/t19-,20+,21?,22+,23-,25?,26-,27?,28?/m1/s1. The molecule has 2 heterocycles. The Hall–Kier alpha value is -0.250. The van der Waals surface area contributed by atoms with Crippen LogP contribution in [0.4, 0.5) is 4.39 Å². The normalized spacial score (nSPS) is 34.6. The number of carbonyl (C=O) groups is 1. The molecule has 0 amide bonds. The number of rotatable bonds is 13. The van der Waals surface area contributed by atoms with Crippen molar-refractivity contribution in [2.45, 2.75) is 127 Å². The third-order valence-electron chi connectivity index (χ3n) is 8.48. The van der Waals surface area contributed by atoms with E-state index in [1.807, 2.05) is 0 Å². The molecule has 0 bridgehead atoms. The Balaban J connectivity index is 1.67. The van der Waals surface area contributed by atoms with Crippen LogP contribution in [0.2, 0.25) is 0 Å². The van der Waals surface area contributed by atoms with Crippen LogP contribution in [0.15, 0.2) is 12.2 Å². The van der Waals surface area contributed by atoms with Gasteiger partial charge in [-0.05, 0) is 62.2 Å². The van der Waals surface area contributed by atoms with Crippen LogP contribution in [-0.4, -0.2) is 54.4 Å². The van der Waals surface area contributed by atoms with Crippen molar-refractivity contribution in [3.8, 4) is 0 Å². The van der Waals surface area contributed by atoms with Gasteiger partial charge in [-0.3, -0.25) is 4.79 Å². The Morgan fingerprint density at radius 1 is 1.28 bits per heavy atom. The first-order valence-electron chi connectivity index (χ1n) is 14.1. The lowest BCUT2D eigenvalue weighted by atomic mass is 9.79. The summed E-state index contributed by atoms with van der Waals surface area (Å²) in [4.78, 5) is 11.4. The highest BCUT2D eigenvalue weighted by Crippen LogP contribution is 2.50. The Morgan fingerprint density at radius 2 is 2.06 bits per heavy atom. The fourth-order valence-corrected chi connectivity index (χ4v) is 7.16. The van der Waals surface area contributed by atoms with Gasteiger partial charge in [0.25, 0.3) is 0 Å². The molecule has 0 aromatic heterocycles. The van der Waals surface area contributed by atoms with Crippen LogP contribution in [0.5, 0.6) is 0 Å². The molecule has 1 aliphatic carbocycles. The summed E-state index contributed by atoms with van der Waals surface area (Å²) >= 11 is 2.31. The number of fused-ring (bicyclic) bond motifs is 1. The largest absolute Gasteiger partial charge is 0.469 e. The Morgan fingerprint density at radius 3 is 2.72 bits per heavy atom. The topological polar surface area (TPSA) is 54.0 Å². The lowest BCUT2D eigenvalue weighted by Crippen LogP contribution is -2.37. The van der Waals surface area contributed by atoms with E-state index in [4.69, 9.17) is 18.9 Å². The molecule has 7 heteroatoms. The highest BCUT2D eigenvalue weighted by Gasteiger charge is 2.55. The lowest BCUT2D eigenvalue weighted by Gasteiger charge is -2.36. The molecule has 0 aromatic carbocycles. The minimum Gasteiger partial charge on any atom is -0.469 e. The van der Waals surface area contributed by atoms with Crippen LogP contribution in [0.3, 0.4) is 0 Å². The SMILES string of the molecule is CCCCC(C)(C)[C@@H](/C=C/[C@@H]1[C@H]2C(F)C(C(I)CCCC(=O)OC)O[C@H]2C[C@H]1C)OC1CCCCO1. The number of unbranched alkanes of at least 4 members (excludes halogenated alkanes) is 1. The van der Waals surface area contributed by atoms with E-state index < -0.39 is 12.3 Å². The Labute approximate surface area is 231 Å². The summed E-state index contributed by atoms with van der Waals surface area (Å²) in [6.07, 6.45) is 12.1. The van der Waals surface area contributed by atoms with E-state index in [0.717, 1.165) is 58.0 Å². The fourth-order valence-electron chi connectivity index (χ4n) is 6.15. The molecule has 0 spiro atoms. The van der Waals surface area contributed by atoms with Crippen molar-refractivity contribution in [3.63, 3.8) is 0 Å². The third kappa shape index (κ3) is 7.89. The molecule has 3 rings (SSSR count). The second kappa shape index (κ2) is 14.2. The summed E-state index contributed by atoms with van der Waals surface area (Å²) < 4.78 is 39.4. The minimum absolute atomic E-state index is 0.0225. The van der Waals surface area contributed by atoms with Crippen LogP contribution in [0, 0.1) is 23.2 Å². The predicted molar refractivity (Wildman–Crippen MR) is 149 cm³/mol. The summed E-state index contributed by atoms with van der Waals surface area (Å²) in [6, 6.07) is 0. The highest BCUT2D eigenvalue weighted by atomic mass is 127. The summed E-state index contributed by atoms with van der Waals surface area (Å²) in [5.41, 5.74) is -0.0225. The minimum atomic E-state index is -0.997. The second-order valence-corrected chi connectivity index (χ2v) is 13.4. The maximum absolute atomic E-state index is 15.9. The first kappa shape index (κ1) is 30.3. The van der Waals surface area contributed by atoms with Gasteiger partial charge in [0.15, 0.2) is 6.29 Å². The number of alkyl halides is 2. The molecule has 208 valence electrons. The number of hydrogen-bond donors (Lipinski definition) is 0. The van der Waals surface area contributed by atoms with Gasteiger partial charge in [0.05, 0.1) is 19.3 Å². The van der Waals surface area contributed by atoms with Crippen molar-refractivity contribution in [2.24, 2.45) is 23.2 Å². The van der Waals surface area contributed by atoms with Crippen molar-refractivity contribution < 1.29 is 28.1 Å². The van der Waals surface area contributed by atoms with Crippen molar-refractivity contribution >= 4 is 28.6 Å². The first-order valence-corrected chi connectivity index (χ1v) is 15.4. The van der Waals surface area contributed by atoms with Crippen molar-refractivity contribution in [2.75, 3.05) is 13.7 Å². The molecule has 3 aliphatic rings. The summed E-state index contributed by atoms with van der Waals surface area (Å²) in [6.45, 7) is 9.77. The number of methoxy groups -OCH3 is 1. The maximum atomic E-state index is 15.9. The molecule has 0 aromatic rings. The van der Waals surface area contributed by atoms with Gasteiger partial charge in [0, 0.05) is 22.9 Å². The van der Waals surface area contributed by atoms with E-state index in [1.165, 1.54) is 7.11 Å². The van der Waals surface area contributed by atoms with Gasteiger partial charge < -0.3 is 18.9 Å². The number of halogens is 2. The van der Waals surface area contributed by atoms with Gasteiger partial charge in [0.1, 0.15) is 12.3 Å². The zero-order chi connectivity index (χ0) is 26.3. The third-order valence-corrected chi connectivity index (χ3v) is 9.81. The molecule has 0 N–H and O–H groups in total. The van der Waals surface area contributed by atoms with Crippen LogP contribution in [-0.2, 0) is 23.7 Å². The zero-order valence-electron chi connectivity index (χ0n) is 22.9. The number of hydrogen-bond acceptors (Lipinski definition) is 5. The molecular formula is C29H48FIO5. The van der Waals surface area contributed by atoms with Crippen molar-refractivity contribution in [1.29, 1.82) is 0 Å².